The minimum absolute atomic E-state index is 0. The van der Waals surface area contributed by atoms with Gasteiger partial charge in [-0.25, -0.2) is 0 Å². The van der Waals surface area contributed by atoms with E-state index in [1.807, 2.05) is 0 Å². The van der Waals surface area contributed by atoms with Crippen molar-refractivity contribution >= 4 is 31.5 Å². The fraction of sp³-hybridized carbons (Fsp3) is 0.189. The second kappa shape index (κ2) is 16.7. The van der Waals surface area contributed by atoms with Crippen molar-refractivity contribution in [2.24, 2.45) is 0 Å². The summed E-state index contributed by atoms with van der Waals surface area (Å²) in [6.07, 6.45) is 0. The van der Waals surface area contributed by atoms with Gasteiger partial charge in [0.15, 0.2) is 0 Å². The molecule has 0 radical (unpaired) electrons. The maximum absolute atomic E-state index is 2.37. The molecule has 6 rings (SSSR count). The van der Waals surface area contributed by atoms with Gasteiger partial charge in [0, 0.05) is 0 Å². The molecule has 0 atom stereocenters. The molecule has 0 unspecified atom stereocenters. The van der Waals surface area contributed by atoms with E-state index < -0.39 is 0 Å². The Labute approximate surface area is 275 Å². The Bertz CT molecular complexity index is 1670. The summed E-state index contributed by atoms with van der Waals surface area (Å²) in [5.74, 6) is 5.33. The van der Waals surface area contributed by atoms with Gasteiger partial charge in [0.05, 0.1) is 0 Å². The maximum atomic E-state index is 2.37. The molecule has 0 spiro atoms. The van der Waals surface area contributed by atoms with Crippen LogP contribution in [0.3, 0.4) is 0 Å². The van der Waals surface area contributed by atoms with Crippen LogP contribution in [0, 0.1) is 13.8 Å². The van der Waals surface area contributed by atoms with Crippen LogP contribution in [0.1, 0.15) is 36.5 Å². The van der Waals surface area contributed by atoms with Crippen LogP contribution in [0.5, 0.6) is 0 Å². The smallest absolute Gasteiger partial charge is 1.00 e. The first kappa shape index (κ1) is 35.3. The molecule has 210 valence electrons. The van der Waals surface area contributed by atoms with E-state index in [1.165, 1.54) is 60.5 Å². The zero-order chi connectivity index (χ0) is 27.9. The van der Waals surface area contributed by atoms with Crippen LogP contribution in [0.4, 0.5) is 0 Å². The minimum atomic E-state index is -0.243. The van der Waals surface area contributed by atoms with Gasteiger partial charge in [-0.05, 0) is 17.0 Å². The van der Waals surface area contributed by atoms with E-state index in [-0.39, 0.29) is 34.8 Å². The van der Waals surface area contributed by atoms with Gasteiger partial charge < -0.3 is 24.8 Å². The molecule has 0 aliphatic rings. The average Bonchev–Trinajstić information content (AvgIpc) is 3.54. The third-order valence-corrected chi connectivity index (χ3v) is 6.86. The fourth-order valence-electron chi connectivity index (χ4n) is 4.92. The Morgan fingerprint density at radius 1 is 0.634 bits per heavy atom. The Morgan fingerprint density at radius 3 is 1.71 bits per heavy atom. The first-order valence-corrected chi connectivity index (χ1v) is 25.4. The summed E-state index contributed by atoms with van der Waals surface area (Å²) in [5.41, 5.74) is 9.37. The quantitative estimate of drug-likeness (QED) is 0.179. The Kier molecular flexibility index (Phi) is 14.4. The van der Waals surface area contributed by atoms with Gasteiger partial charge in [0.1, 0.15) is 0 Å². The summed E-state index contributed by atoms with van der Waals surface area (Å²) in [7, 11) is -0.243. The van der Waals surface area contributed by atoms with E-state index in [1.54, 1.807) is 21.6 Å². The van der Waals surface area contributed by atoms with E-state index >= 15 is 0 Å². The molecule has 41 heavy (non-hydrogen) atoms. The van der Waals surface area contributed by atoms with Gasteiger partial charge in [-0.2, -0.15) is 12.1 Å². The number of benzene rings is 4. The molecule has 0 bridgehead atoms. The van der Waals surface area contributed by atoms with Gasteiger partial charge in [-0.15, -0.1) is 68.6 Å². The Balaban J connectivity index is 0.000000244. The van der Waals surface area contributed by atoms with E-state index in [9.17, 15) is 0 Å². The molecule has 0 saturated carbocycles. The van der Waals surface area contributed by atoms with Crippen molar-refractivity contribution in [2.45, 2.75) is 45.1 Å². The van der Waals surface area contributed by atoms with Crippen molar-refractivity contribution in [3.8, 4) is 22.3 Å². The number of hydrogen-bond donors (Lipinski definition) is 0. The number of halogens is 2. The molecule has 4 heteroatoms. The maximum Gasteiger partial charge on any atom is -1.00 e. The molecule has 0 aliphatic heterocycles. The van der Waals surface area contributed by atoms with E-state index in [4.69, 9.17) is 0 Å². The van der Waals surface area contributed by atoms with Crippen molar-refractivity contribution in [3.05, 3.63) is 132 Å². The summed E-state index contributed by atoms with van der Waals surface area (Å²) in [5, 5.41) is 5.46. The van der Waals surface area contributed by atoms with Crippen LogP contribution in [0.15, 0.2) is 115 Å². The van der Waals surface area contributed by atoms with Crippen LogP contribution in [-0.4, -0.2) is 9.98 Å². The van der Waals surface area contributed by atoms with Crippen LogP contribution >= 0.6 is 0 Å². The number of fused-ring (bicyclic) bond motifs is 2. The predicted molar refractivity (Wildman–Crippen MR) is 171 cm³/mol. The summed E-state index contributed by atoms with van der Waals surface area (Å²) >= 11 is 1.80. The zero-order valence-corrected chi connectivity index (χ0v) is 30.9. The summed E-state index contributed by atoms with van der Waals surface area (Å²) in [4.78, 5) is 0. The third kappa shape index (κ3) is 9.29. The third-order valence-electron chi connectivity index (χ3n) is 6.86. The van der Waals surface area contributed by atoms with Gasteiger partial charge >= 0.3 is 43.1 Å². The number of hydrogen-bond acceptors (Lipinski definition) is 0. The van der Waals surface area contributed by atoms with Gasteiger partial charge in [0.25, 0.3) is 0 Å². The van der Waals surface area contributed by atoms with E-state index in [2.05, 4.69) is 154 Å². The van der Waals surface area contributed by atoms with Crippen molar-refractivity contribution in [1.29, 1.82) is 0 Å². The van der Waals surface area contributed by atoms with Crippen LogP contribution < -0.4 is 24.8 Å². The van der Waals surface area contributed by atoms with Gasteiger partial charge in [-0.3, -0.25) is 0 Å². The van der Waals surface area contributed by atoms with Crippen LogP contribution in [0.2, 0.25) is 11.5 Å². The molecule has 0 nitrogen and oxygen atoms in total. The Morgan fingerprint density at radius 2 is 1.17 bits per heavy atom. The molecule has 0 amide bonds. The molecular formula is C37H38Cl2GeZr-2. The average molecular weight is 717 g/mol. The molecule has 6 aromatic rings. The molecule has 0 aromatic heterocycles. The summed E-state index contributed by atoms with van der Waals surface area (Å²) in [6, 6.07) is 41.4. The van der Waals surface area contributed by atoms with Crippen LogP contribution in [0.25, 0.3) is 43.8 Å². The fourth-order valence-corrected chi connectivity index (χ4v) is 4.92. The molecule has 0 N–H and O–H groups in total. The second-order valence-corrected chi connectivity index (χ2v) is 27.7. The molecule has 0 fully saturated rings. The van der Waals surface area contributed by atoms with Gasteiger partial charge in [0.2, 0.25) is 0 Å². The minimum Gasteiger partial charge on any atom is -1.00 e. The van der Waals surface area contributed by atoms with Crippen molar-refractivity contribution in [1.82, 2.24) is 0 Å². The Hall–Kier alpha value is -1.89. The zero-order valence-electron chi connectivity index (χ0n) is 24.8. The molecule has 0 heterocycles. The molecule has 0 aliphatic carbocycles. The monoisotopic (exact) mass is 716 g/mol. The first-order chi connectivity index (χ1) is 18.7. The second-order valence-electron chi connectivity index (χ2n) is 10.8. The SMILES string of the molecule is CC(C)c1cc2c(-c3ccccc3)cccc2[cH-]1.Cc1cc2c(-c3ccccc3)ccc(C)c2[cH-]1.[CH3][Ge]([CH3])=[Zr+2].[Cl-].[Cl-]. The standard InChI is InChI=1S/C18H17.C17H15.C2H6Ge.2ClH.Zr/c1-13(2)16-11-15-9-6-10-17(18(15)12-16)14-7-4-3-5-8-14;1-12-10-16-13(2)8-9-15(17(16)11-12)14-6-4-3-5-7-14;1-3-2;;;/h3-13H,1-2H3;3-11H,1-2H3;1-2H3;2*1H;/q2*-1;;;;+2/p-2. The predicted octanol–water partition coefficient (Wildman–Crippen LogP) is 4.98. The summed E-state index contributed by atoms with van der Waals surface area (Å²) < 4.78 is 0. The molecule has 0 saturated heterocycles. The van der Waals surface area contributed by atoms with Crippen LogP contribution in [-0.2, 0) is 21.6 Å². The topological polar surface area (TPSA) is 0 Å². The normalized spacial score (nSPS) is 10.2. The largest absolute Gasteiger partial charge is 1.00 e. The first-order valence-electron chi connectivity index (χ1n) is 13.7. The van der Waals surface area contributed by atoms with E-state index in [0.717, 1.165) is 0 Å². The number of aryl methyl sites for hydroxylation is 2. The van der Waals surface area contributed by atoms with Crippen molar-refractivity contribution in [3.63, 3.8) is 0 Å². The molecule has 6 aromatic carbocycles. The number of rotatable bonds is 3. The van der Waals surface area contributed by atoms with Crippen molar-refractivity contribution in [2.75, 3.05) is 0 Å². The molecular weight excluding hydrogens is 679 g/mol. The van der Waals surface area contributed by atoms with E-state index in [0.29, 0.717) is 5.92 Å². The summed E-state index contributed by atoms with van der Waals surface area (Å²) in [6.45, 7) is 8.83. The van der Waals surface area contributed by atoms with Crippen molar-refractivity contribution < 1.29 is 46.4 Å². The van der Waals surface area contributed by atoms with Gasteiger partial charge in [-0.1, -0.05) is 112 Å².